The van der Waals surface area contributed by atoms with Crippen LogP contribution in [0.1, 0.15) is 33.6 Å². The highest BCUT2D eigenvalue weighted by atomic mass is 16.5. The molecule has 1 rings (SSSR count). The standard InChI is InChI=1S/C12H22O2/c1-5-8(3)12-10(13)7-9(4)11(6-2)14-12/h5,8-13H,1,6-7H2,2-4H3/t8-,9-,10+,11-,12+/m1/s1. The van der Waals surface area contributed by atoms with Crippen LogP contribution in [-0.4, -0.2) is 23.4 Å². The Morgan fingerprint density at radius 3 is 2.79 bits per heavy atom. The fourth-order valence-electron chi connectivity index (χ4n) is 2.20. The number of aliphatic hydroxyl groups is 1. The average Bonchev–Trinajstić information content (AvgIpc) is 2.17. The third-order valence-electron chi connectivity index (χ3n) is 3.25. The zero-order chi connectivity index (χ0) is 10.7. The van der Waals surface area contributed by atoms with E-state index in [2.05, 4.69) is 20.4 Å². The molecule has 0 aromatic carbocycles. The average molecular weight is 198 g/mol. The van der Waals surface area contributed by atoms with Gasteiger partial charge in [0.25, 0.3) is 0 Å². The van der Waals surface area contributed by atoms with Crippen molar-refractivity contribution in [2.45, 2.75) is 51.9 Å². The van der Waals surface area contributed by atoms with Crippen molar-refractivity contribution in [1.82, 2.24) is 0 Å². The van der Waals surface area contributed by atoms with Crippen molar-refractivity contribution in [1.29, 1.82) is 0 Å². The van der Waals surface area contributed by atoms with Crippen LogP contribution in [0.2, 0.25) is 0 Å². The number of aliphatic hydroxyl groups excluding tert-OH is 1. The van der Waals surface area contributed by atoms with E-state index in [1.807, 2.05) is 13.0 Å². The highest BCUT2D eigenvalue weighted by Crippen LogP contribution is 2.30. The molecule has 0 aromatic rings. The van der Waals surface area contributed by atoms with Gasteiger partial charge in [0.1, 0.15) is 0 Å². The van der Waals surface area contributed by atoms with Gasteiger partial charge in [0.05, 0.1) is 18.3 Å². The molecule has 0 aliphatic carbocycles. The Morgan fingerprint density at radius 2 is 2.29 bits per heavy atom. The van der Waals surface area contributed by atoms with Crippen molar-refractivity contribution < 1.29 is 9.84 Å². The fraction of sp³-hybridized carbons (Fsp3) is 0.833. The zero-order valence-corrected chi connectivity index (χ0v) is 9.44. The summed E-state index contributed by atoms with van der Waals surface area (Å²) in [6.45, 7) is 10.1. The van der Waals surface area contributed by atoms with Gasteiger partial charge in [0.15, 0.2) is 0 Å². The molecule has 0 aromatic heterocycles. The number of hydrogen-bond acceptors (Lipinski definition) is 2. The molecule has 1 fully saturated rings. The monoisotopic (exact) mass is 198 g/mol. The van der Waals surface area contributed by atoms with Gasteiger partial charge in [-0.15, -0.1) is 6.58 Å². The SMILES string of the molecule is C=C[C@@H](C)[C@@H]1O[C@H](CC)[C@H](C)C[C@@H]1O. The summed E-state index contributed by atoms with van der Waals surface area (Å²) in [6.07, 6.45) is 3.63. The summed E-state index contributed by atoms with van der Waals surface area (Å²) in [5, 5.41) is 9.88. The molecule has 2 nitrogen and oxygen atoms in total. The van der Waals surface area contributed by atoms with E-state index in [0.717, 1.165) is 12.8 Å². The van der Waals surface area contributed by atoms with Crippen molar-refractivity contribution in [2.75, 3.05) is 0 Å². The Labute approximate surface area is 87.0 Å². The molecule has 1 aliphatic heterocycles. The van der Waals surface area contributed by atoms with Gasteiger partial charge < -0.3 is 9.84 Å². The van der Waals surface area contributed by atoms with Gasteiger partial charge in [-0.05, 0) is 18.8 Å². The van der Waals surface area contributed by atoms with E-state index in [1.165, 1.54) is 0 Å². The Bertz CT molecular complexity index is 191. The molecule has 0 bridgehead atoms. The third-order valence-corrected chi connectivity index (χ3v) is 3.25. The molecule has 5 atom stereocenters. The first-order valence-electron chi connectivity index (χ1n) is 5.56. The molecule has 0 unspecified atom stereocenters. The smallest absolute Gasteiger partial charge is 0.0897 e. The van der Waals surface area contributed by atoms with Gasteiger partial charge >= 0.3 is 0 Å². The van der Waals surface area contributed by atoms with Gasteiger partial charge in [-0.1, -0.05) is 26.8 Å². The van der Waals surface area contributed by atoms with Crippen molar-refractivity contribution in [3.63, 3.8) is 0 Å². The summed E-state index contributed by atoms with van der Waals surface area (Å²) in [6, 6.07) is 0. The van der Waals surface area contributed by atoms with Gasteiger partial charge in [-0.3, -0.25) is 0 Å². The second-order valence-corrected chi connectivity index (χ2v) is 4.42. The summed E-state index contributed by atoms with van der Waals surface area (Å²) >= 11 is 0. The number of rotatable bonds is 3. The minimum absolute atomic E-state index is 0.0614. The van der Waals surface area contributed by atoms with Crippen LogP contribution in [0.5, 0.6) is 0 Å². The number of hydrogen-bond donors (Lipinski definition) is 1. The zero-order valence-electron chi connectivity index (χ0n) is 9.44. The largest absolute Gasteiger partial charge is 0.390 e. The molecule has 1 heterocycles. The molecule has 1 saturated heterocycles. The van der Waals surface area contributed by atoms with Crippen LogP contribution in [0, 0.1) is 11.8 Å². The van der Waals surface area contributed by atoms with Gasteiger partial charge in [-0.25, -0.2) is 0 Å². The minimum Gasteiger partial charge on any atom is -0.390 e. The fourth-order valence-corrected chi connectivity index (χ4v) is 2.20. The second kappa shape index (κ2) is 4.94. The van der Waals surface area contributed by atoms with E-state index in [1.54, 1.807) is 0 Å². The molecule has 14 heavy (non-hydrogen) atoms. The van der Waals surface area contributed by atoms with Crippen LogP contribution < -0.4 is 0 Å². The van der Waals surface area contributed by atoms with Crippen molar-refractivity contribution in [3.05, 3.63) is 12.7 Å². The molecule has 0 saturated carbocycles. The Hall–Kier alpha value is -0.340. The van der Waals surface area contributed by atoms with Crippen LogP contribution in [0.25, 0.3) is 0 Å². The molecule has 2 heteroatoms. The molecular formula is C12H22O2. The summed E-state index contributed by atoms with van der Waals surface area (Å²) in [4.78, 5) is 0. The topological polar surface area (TPSA) is 29.5 Å². The maximum Gasteiger partial charge on any atom is 0.0897 e. The highest BCUT2D eigenvalue weighted by molar-refractivity contribution is 4.91. The molecule has 0 radical (unpaired) electrons. The predicted octanol–water partition coefficient (Wildman–Crippen LogP) is 2.37. The Balaban J connectivity index is 2.63. The van der Waals surface area contributed by atoms with E-state index in [-0.39, 0.29) is 18.1 Å². The maximum absolute atomic E-state index is 9.88. The van der Waals surface area contributed by atoms with E-state index < -0.39 is 0 Å². The molecule has 0 spiro atoms. The van der Waals surface area contributed by atoms with Crippen LogP contribution in [0.3, 0.4) is 0 Å². The first kappa shape index (κ1) is 11.7. The van der Waals surface area contributed by atoms with Crippen LogP contribution >= 0.6 is 0 Å². The van der Waals surface area contributed by atoms with E-state index in [0.29, 0.717) is 12.0 Å². The Morgan fingerprint density at radius 1 is 1.64 bits per heavy atom. The first-order valence-corrected chi connectivity index (χ1v) is 5.56. The normalized spacial score (nSPS) is 40.6. The lowest BCUT2D eigenvalue weighted by molar-refractivity contribution is -0.153. The van der Waals surface area contributed by atoms with Crippen LogP contribution in [0.4, 0.5) is 0 Å². The van der Waals surface area contributed by atoms with Crippen molar-refractivity contribution in [2.24, 2.45) is 11.8 Å². The van der Waals surface area contributed by atoms with Gasteiger partial charge in [-0.2, -0.15) is 0 Å². The summed E-state index contributed by atoms with van der Waals surface area (Å²) in [5.74, 6) is 0.690. The van der Waals surface area contributed by atoms with Crippen LogP contribution in [-0.2, 0) is 4.74 Å². The highest BCUT2D eigenvalue weighted by Gasteiger charge is 2.35. The molecule has 0 amide bonds. The van der Waals surface area contributed by atoms with Crippen LogP contribution in [0.15, 0.2) is 12.7 Å². The van der Waals surface area contributed by atoms with Gasteiger partial charge in [0, 0.05) is 5.92 Å². The van der Waals surface area contributed by atoms with Gasteiger partial charge in [0.2, 0.25) is 0 Å². The lowest BCUT2D eigenvalue weighted by Gasteiger charge is -2.40. The Kier molecular flexibility index (Phi) is 4.14. The quantitative estimate of drug-likeness (QED) is 0.705. The van der Waals surface area contributed by atoms with Crippen molar-refractivity contribution in [3.8, 4) is 0 Å². The predicted molar refractivity (Wildman–Crippen MR) is 58.1 cm³/mol. The summed E-state index contributed by atoms with van der Waals surface area (Å²) in [5.41, 5.74) is 0. The molecule has 1 N–H and O–H groups in total. The lowest BCUT2D eigenvalue weighted by Crippen LogP contribution is -2.45. The lowest BCUT2D eigenvalue weighted by atomic mass is 9.86. The van der Waals surface area contributed by atoms with E-state index >= 15 is 0 Å². The van der Waals surface area contributed by atoms with Crippen molar-refractivity contribution >= 4 is 0 Å². The summed E-state index contributed by atoms with van der Waals surface area (Å²) < 4.78 is 5.89. The third kappa shape index (κ3) is 2.37. The molecule has 1 aliphatic rings. The minimum atomic E-state index is -0.333. The van der Waals surface area contributed by atoms with E-state index in [4.69, 9.17) is 4.74 Å². The maximum atomic E-state index is 9.88. The number of ether oxygens (including phenoxy) is 1. The first-order chi connectivity index (χ1) is 6.60. The molecular weight excluding hydrogens is 176 g/mol. The second-order valence-electron chi connectivity index (χ2n) is 4.42. The summed E-state index contributed by atoms with van der Waals surface area (Å²) in [7, 11) is 0. The molecule has 82 valence electrons. The van der Waals surface area contributed by atoms with E-state index in [9.17, 15) is 5.11 Å².